The Morgan fingerprint density at radius 2 is 1.84 bits per heavy atom. The summed E-state index contributed by atoms with van der Waals surface area (Å²) < 4.78 is 0. The topological polar surface area (TPSA) is 49.4 Å². The number of nitrogens with one attached hydrogen (secondary N) is 1. The predicted octanol–water partition coefficient (Wildman–Crippen LogP) is 1.93. The van der Waals surface area contributed by atoms with Crippen LogP contribution in [0.25, 0.3) is 0 Å². The van der Waals surface area contributed by atoms with Crippen LogP contribution in [0.1, 0.15) is 30.9 Å². The van der Waals surface area contributed by atoms with Crippen LogP contribution in [0, 0.1) is 13.8 Å². The van der Waals surface area contributed by atoms with Crippen molar-refractivity contribution in [1.29, 1.82) is 0 Å². The maximum atomic E-state index is 12.5. The predicted molar refractivity (Wildman–Crippen MR) is 75.1 cm³/mol. The lowest BCUT2D eigenvalue weighted by atomic mass is 10.1. The molecule has 1 atom stereocenters. The van der Waals surface area contributed by atoms with E-state index in [0.717, 1.165) is 16.8 Å². The van der Waals surface area contributed by atoms with Crippen LogP contribution < -0.4 is 10.2 Å². The number of carbonyl (C=O) groups is 2. The lowest BCUT2D eigenvalue weighted by Gasteiger charge is -2.24. The Bertz CT molecular complexity index is 491. The van der Waals surface area contributed by atoms with Gasteiger partial charge in [-0.3, -0.25) is 9.59 Å². The molecule has 1 aliphatic rings. The van der Waals surface area contributed by atoms with Gasteiger partial charge in [-0.05, 0) is 43.5 Å². The molecule has 102 valence electrons. The number of aryl methyl sites for hydroxylation is 2. The fourth-order valence-electron chi connectivity index (χ4n) is 2.48. The molecule has 1 heterocycles. The molecule has 2 amide bonds. The van der Waals surface area contributed by atoms with Gasteiger partial charge in [-0.2, -0.15) is 0 Å². The van der Waals surface area contributed by atoms with Crippen molar-refractivity contribution in [2.45, 2.75) is 39.7 Å². The van der Waals surface area contributed by atoms with Crippen molar-refractivity contribution in [2.75, 3.05) is 11.4 Å². The van der Waals surface area contributed by atoms with E-state index >= 15 is 0 Å². The van der Waals surface area contributed by atoms with Gasteiger partial charge in [-0.1, -0.05) is 13.0 Å². The third-order valence-corrected chi connectivity index (χ3v) is 3.39. The van der Waals surface area contributed by atoms with Crippen LogP contribution in [-0.2, 0) is 9.59 Å². The van der Waals surface area contributed by atoms with Crippen LogP contribution in [0.4, 0.5) is 5.69 Å². The van der Waals surface area contributed by atoms with Crippen molar-refractivity contribution in [2.24, 2.45) is 0 Å². The molecule has 1 N–H and O–H groups in total. The molecular formula is C15H20N2O2. The van der Waals surface area contributed by atoms with Crippen LogP contribution in [-0.4, -0.2) is 24.4 Å². The Kier molecular flexibility index (Phi) is 3.88. The van der Waals surface area contributed by atoms with Crippen molar-refractivity contribution >= 4 is 17.5 Å². The summed E-state index contributed by atoms with van der Waals surface area (Å²) >= 11 is 0. The number of benzene rings is 1. The highest BCUT2D eigenvalue weighted by atomic mass is 16.2. The Morgan fingerprint density at radius 1 is 1.21 bits per heavy atom. The van der Waals surface area contributed by atoms with Crippen LogP contribution >= 0.6 is 0 Å². The van der Waals surface area contributed by atoms with E-state index < -0.39 is 6.04 Å². The lowest BCUT2D eigenvalue weighted by molar-refractivity contribution is -0.125. The molecule has 1 aromatic rings. The zero-order valence-electron chi connectivity index (χ0n) is 11.7. The summed E-state index contributed by atoms with van der Waals surface area (Å²) in [7, 11) is 0. The molecular weight excluding hydrogens is 240 g/mol. The minimum atomic E-state index is -0.407. The summed E-state index contributed by atoms with van der Waals surface area (Å²) in [6.07, 6.45) is 0.973. The van der Waals surface area contributed by atoms with E-state index in [9.17, 15) is 9.59 Å². The van der Waals surface area contributed by atoms with Crippen molar-refractivity contribution in [3.63, 3.8) is 0 Å². The molecule has 1 fully saturated rings. The molecule has 1 aliphatic heterocycles. The zero-order chi connectivity index (χ0) is 14.0. The average molecular weight is 260 g/mol. The number of hydrogen-bond donors (Lipinski definition) is 1. The van der Waals surface area contributed by atoms with Crippen LogP contribution in [0.15, 0.2) is 18.2 Å². The van der Waals surface area contributed by atoms with Gasteiger partial charge in [-0.25, -0.2) is 0 Å². The van der Waals surface area contributed by atoms with E-state index in [4.69, 9.17) is 0 Å². The van der Waals surface area contributed by atoms with Gasteiger partial charge in [0.15, 0.2) is 0 Å². The van der Waals surface area contributed by atoms with Gasteiger partial charge in [0.25, 0.3) is 0 Å². The first-order valence-corrected chi connectivity index (χ1v) is 6.70. The molecule has 0 saturated carbocycles. The SMILES string of the molecule is CCC1NC(=O)CCN(c2cc(C)cc(C)c2)C1=O. The fraction of sp³-hybridized carbons (Fsp3) is 0.467. The van der Waals surface area contributed by atoms with E-state index in [0.29, 0.717) is 19.4 Å². The summed E-state index contributed by atoms with van der Waals surface area (Å²) in [6, 6.07) is 5.66. The van der Waals surface area contributed by atoms with Gasteiger partial charge in [0.1, 0.15) is 6.04 Å². The van der Waals surface area contributed by atoms with Gasteiger partial charge in [-0.15, -0.1) is 0 Å². The van der Waals surface area contributed by atoms with E-state index in [1.165, 1.54) is 0 Å². The second-order valence-corrected chi connectivity index (χ2v) is 5.11. The second kappa shape index (κ2) is 5.43. The minimum absolute atomic E-state index is 0.0154. The molecule has 0 radical (unpaired) electrons. The first kappa shape index (κ1) is 13.6. The van der Waals surface area contributed by atoms with E-state index in [1.807, 2.05) is 32.9 Å². The van der Waals surface area contributed by atoms with Gasteiger partial charge >= 0.3 is 0 Å². The van der Waals surface area contributed by atoms with Crippen LogP contribution in [0.2, 0.25) is 0 Å². The number of hydrogen-bond acceptors (Lipinski definition) is 2. The van der Waals surface area contributed by atoms with E-state index in [-0.39, 0.29) is 11.8 Å². The molecule has 4 heteroatoms. The molecule has 0 aliphatic carbocycles. The number of amides is 2. The lowest BCUT2D eigenvalue weighted by Crippen LogP contribution is -2.44. The molecule has 19 heavy (non-hydrogen) atoms. The third-order valence-electron chi connectivity index (χ3n) is 3.39. The van der Waals surface area contributed by atoms with Gasteiger partial charge < -0.3 is 10.2 Å². The van der Waals surface area contributed by atoms with Crippen molar-refractivity contribution in [1.82, 2.24) is 5.32 Å². The quantitative estimate of drug-likeness (QED) is 0.883. The summed E-state index contributed by atoms with van der Waals surface area (Å²) in [6.45, 7) is 6.39. The number of carbonyl (C=O) groups excluding carboxylic acids is 2. The monoisotopic (exact) mass is 260 g/mol. The van der Waals surface area contributed by atoms with Crippen molar-refractivity contribution in [3.05, 3.63) is 29.3 Å². The van der Waals surface area contributed by atoms with E-state index in [2.05, 4.69) is 11.4 Å². The molecule has 1 saturated heterocycles. The highest BCUT2D eigenvalue weighted by molar-refractivity contribution is 6.01. The molecule has 4 nitrogen and oxygen atoms in total. The zero-order valence-corrected chi connectivity index (χ0v) is 11.7. The average Bonchev–Trinajstić information content (AvgIpc) is 2.48. The van der Waals surface area contributed by atoms with Gasteiger partial charge in [0, 0.05) is 18.7 Å². The fourth-order valence-corrected chi connectivity index (χ4v) is 2.48. The number of rotatable bonds is 2. The first-order valence-electron chi connectivity index (χ1n) is 6.70. The summed E-state index contributed by atoms with van der Waals surface area (Å²) in [5.41, 5.74) is 3.14. The molecule has 0 spiro atoms. The molecule has 1 aromatic carbocycles. The molecule has 0 bridgehead atoms. The van der Waals surface area contributed by atoms with Gasteiger partial charge in [0.2, 0.25) is 11.8 Å². The van der Waals surface area contributed by atoms with E-state index in [1.54, 1.807) is 4.90 Å². The third kappa shape index (κ3) is 2.95. The summed E-state index contributed by atoms with van der Waals surface area (Å²) in [5.74, 6) is -0.0644. The minimum Gasteiger partial charge on any atom is -0.344 e. The Morgan fingerprint density at radius 3 is 2.42 bits per heavy atom. The van der Waals surface area contributed by atoms with Crippen molar-refractivity contribution in [3.8, 4) is 0 Å². The van der Waals surface area contributed by atoms with Crippen molar-refractivity contribution < 1.29 is 9.59 Å². The normalized spacial score (nSPS) is 20.2. The maximum Gasteiger partial charge on any atom is 0.249 e. The van der Waals surface area contributed by atoms with Gasteiger partial charge in [0.05, 0.1) is 0 Å². The number of anilines is 1. The Hall–Kier alpha value is -1.84. The smallest absolute Gasteiger partial charge is 0.249 e. The van der Waals surface area contributed by atoms with Crippen LogP contribution in [0.5, 0.6) is 0 Å². The molecule has 0 aromatic heterocycles. The summed E-state index contributed by atoms with van der Waals surface area (Å²) in [4.78, 5) is 25.8. The highest BCUT2D eigenvalue weighted by Gasteiger charge is 2.29. The maximum absolute atomic E-state index is 12.5. The Labute approximate surface area is 113 Å². The number of nitrogens with zero attached hydrogens (tertiary/aromatic N) is 1. The Balaban J connectivity index is 2.35. The summed E-state index contributed by atoms with van der Waals surface area (Å²) in [5, 5.41) is 2.78. The highest BCUT2D eigenvalue weighted by Crippen LogP contribution is 2.21. The van der Waals surface area contributed by atoms with Crippen LogP contribution in [0.3, 0.4) is 0 Å². The second-order valence-electron chi connectivity index (χ2n) is 5.11. The molecule has 2 rings (SSSR count). The molecule has 1 unspecified atom stereocenters. The largest absolute Gasteiger partial charge is 0.344 e. The standard InChI is InChI=1S/C15H20N2O2/c1-4-13-15(19)17(6-5-14(18)16-13)12-8-10(2)7-11(3)9-12/h7-9,13H,4-6H2,1-3H3,(H,16,18). The first-order chi connectivity index (χ1) is 9.01.